The highest BCUT2D eigenvalue weighted by molar-refractivity contribution is 5.49. The molecule has 0 amide bonds. The Kier molecular flexibility index (Phi) is 9.27. The lowest BCUT2D eigenvalue weighted by molar-refractivity contribution is 0.0879. The first-order valence-electron chi connectivity index (χ1n) is 12.0. The van der Waals surface area contributed by atoms with Gasteiger partial charge >= 0.3 is 0 Å². The van der Waals surface area contributed by atoms with E-state index >= 15 is 0 Å². The summed E-state index contributed by atoms with van der Waals surface area (Å²) in [6, 6.07) is 19.2. The van der Waals surface area contributed by atoms with Gasteiger partial charge in [0, 0.05) is 11.0 Å². The predicted octanol–water partition coefficient (Wildman–Crippen LogP) is 8.65. The number of rotatable bonds is 13. The Morgan fingerprint density at radius 3 is 1.59 bits per heavy atom. The van der Waals surface area contributed by atoms with Crippen LogP contribution in [0.15, 0.2) is 54.6 Å². The summed E-state index contributed by atoms with van der Waals surface area (Å²) in [5.41, 5.74) is 2.48. The van der Waals surface area contributed by atoms with Crippen LogP contribution in [0, 0.1) is 5.41 Å². The summed E-state index contributed by atoms with van der Waals surface area (Å²) >= 11 is 0. The molecular formula is C28H42O. The Morgan fingerprint density at radius 2 is 1.14 bits per heavy atom. The minimum absolute atomic E-state index is 0.157. The van der Waals surface area contributed by atoms with Crippen molar-refractivity contribution in [3.05, 3.63) is 65.7 Å². The van der Waals surface area contributed by atoms with Crippen LogP contribution in [0.1, 0.15) is 103 Å². The summed E-state index contributed by atoms with van der Waals surface area (Å²) in [6.45, 7) is 9.25. The first kappa shape index (κ1) is 23.5. The molecule has 0 aliphatic carbocycles. The second kappa shape index (κ2) is 11.4. The SMILES string of the molecule is CCCCC(CCCC)(CCCC)C(CC)(c1ccccc1)c1ccccc1O. The standard InChI is InChI=1S/C28H42O/c1-5-9-21-27(22-10-6-2,23-11-7-3)28(8-4,24-17-13-12-14-18-24)25-19-15-16-20-26(25)29/h12-20,29H,5-11,21-23H2,1-4H3. The van der Waals surface area contributed by atoms with E-state index in [2.05, 4.69) is 70.2 Å². The molecule has 0 aliphatic heterocycles. The highest BCUT2D eigenvalue weighted by Gasteiger charge is 2.51. The molecule has 0 radical (unpaired) electrons. The molecule has 0 saturated heterocycles. The van der Waals surface area contributed by atoms with Gasteiger partial charge in [0.15, 0.2) is 0 Å². The van der Waals surface area contributed by atoms with E-state index in [-0.39, 0.29) is 10.8 Å². The average Bonchev–Trinajstić information content (AvgIpc) is 2.77. The van der Waals surface area contributed by atoms with Gasteiger partial charge in [0.25, 0.3) is 0 Å². The third-order valence-corrected chi connectivity index (χ3v) is 7.09. The third kappa shape index (κ3) is 4.87. The van der Waals surface area contributed by atoms with Crippen molar-refractivity contribution >= 4 is 0 Å². The molecule has 1 N–H and O–H groups in total. The van der Waals surface area contributed by atoms with Crippen molar-refractivity contribution in [2.24, 2.45) is 5.41 Å². The Morgan fingerprint density at radius 1 is 0.655 bits per heavy atom. The second-order valence-corrected chi connectivity index (χ2v) is 8.73. The normalized spacial score (nSPS) is 13.9. The molecule has 1 nitrogen and oxygen atoms in total. The third-order valence-electron chi connectivity index (χ3n) is 7.09. The summed E-state index contributed by atoms with van der Waals surface area (Å²) in [4.78, 5) is 0. The van der Waals surface area contributed by atoms with E-state index in [1.165, 1.54) is 63.4 Å². The van der Waals surface area contributed by atoms with Crippen LogP contribution in [0.25, 0.3) is 0 Å². The Balaban J connectivity index is 2.82. The van der Waals surface area contributed by atoms with Gasteiger partial charge in [-0.3, -0.25) is 0 Å². The molecule has 0 fully saturated rings. The van der Waals surface area contributed by atoms with Gasteiger partial charge in [-0.15, -0.1) is 0 Å². The number of unbranched alkanes of at least 4 members (excludes halogenated alkanes) is 3. The minimum Gasteiger partial charge on any atom is -0.508 e. The lowest BCUT2D eigenvalue weighted by Gasteiger charge is -2.53. The van der Waals surface area contributed by atoms with Crippen molar-refractivity contribution in [1.82, 2.24) is 0 Å². The smallest absolute Gasteiger partial charge is 0.119 e. The maximum Gasteiger partial charge on any atom is 0.119 e. The van der Waals surface area contributed by atoms with Crippen LogP contribution in [-0.4, -0.2) is 5.11 Å². The first-order chi connectivity index (χ1) is 14.1. The first-order valence-corrected chi connectivity index (χ1v) is 12.0. The van der Waals surface area contributed by atoms with Crippen LogP contribution in [0.2, 0.25) is 0 Å². The van der Waals surface area contributed by atoms with E-state index in [9.17, 15) is 5.11 Å². The Labute approximate surface area is 179 Å². The molecule has 0 aromatic heterocycles. The summed E-state index contributed by atoms with van der Waals surface area (Å²) < 4.78 is 0. The molecule has 160 valence electrons. The fourth-order valence-electron chi connectivity index (χ4n) is 5.63. The molecule has 2 aromatic carbocycles. The maximum absolute atomic E-state index is 11.1. The average molecular weight is 395 g/mol. The molecule has 0 heterocycles. The molecule has 1 heteroatoms. The fourth-order valence-corrected chi connectivity index (χ4v) is 5.63. The van der Waals surface area contributed by atoms with E-state index in [4.69, 9.17) is 0 Å². The van der Waals surface area contributed by atoms with Crippen molar-refractivity contribution in [2.75, 3.05) is 0 Å². The van der Waals surface area contributed by atoms with Gasteiger partial charge in [0.05, 0.1) is 0 Å². The van der Waals surface area contributed by atoms with Crippen LogP contribution in [0.3, 0.4) is 0 Å². The van der Waals surface area contributed by atoms with Crippen molar-refractivity contribution in [3.63, 3.8) is 0 Å². The van der Waals surface area contributed by atoms with E-state index < -0.39 is 0 Å². The van der Waals surface area contributed by atoms with Gasteiger partial charge < -0.3 is 5.11 Å². The predicted molar refractivity (Wildman–Crippen MR) is 127 cm³/mol. The number of para-hydroxylation sites is 1. The van der Waals surface area contributed by atoms with Gasteiger partial charge in [-0.2, -0.15) is 0 Å². The number of hydrogen-bond acceptors (Lipinski definition) is 1. The van der Waals surface area contributed by atoms with E-state index in [0.717, 1.165) is 12.0 Å². The van der Waals surface area contributed by atoms with Gasteiger partial charge in [-0.25, -0.2) is 0 Å². The van der Waals surface area contributed by atoms with Crippen LogP contribution < -0.4 is 0 Å². The monoisotopic (exact) mass is 394 g/mol. The topological polar surface area (TPSA) is 20.2 Å². The summed E-state index contributed by atoms with van der Waals surface area (Å²) in [7, 11) is 0. The lowest BCUT2D eigenvalue weighted by atomic mass is 9.50. The van der Waals surface area contributed by atoms with Crippen LogP contribution in [0.5, 0.6) is 5.75 Å². The zero-order valence-electron chi connectivity index (χ0n) is 19.2. The highest BCUT2D eigenvalue weighted by Crippen LogP contribution is 2.59. The van der Waals surface area contributed by atoms with Crippen molar-refractivity contribution in [2.45, 2.75) is 97.3 Å². The molecule has 0 spiro atoms. The zero-order valence-corrected chi connectivity index (χ0v) is 19.2. The van der Waals surface area contributed by atoms with Crippen molar-refractivity contribution in [1.29, 1.82) is 0 Å². The van der Waals surface area contributed by atoms with Crippen LogP contribution >= 0.6 is 0 Å². The van der Waals surface area contributed by atoms with Crippen molar-refractivity contribution in [3.8, 4) is 5.75 Å². The maximum atomic E-state index is 11.1. The number of phenolic OH excluding ortho intramolecular Hbond substituents is 1. The molecular weight excluding hydrogens is 352 g/mol. The van der Waals surface area contributed by atoms with Gasteiger partial charge in [0.1, 0.15) is 5.75 Å². The number of phenols is 1. The van der Waals surface area contributed by atoms with Gasteiger partial charge in [0.2, 0.25) is 0 Å². The summed E-state index contributed by atoms with van der Waals surface area (Å²) in [5.74, 6) is 0.451. The van der Waals surface area contributed by atoms with Crippen molar-refractivity contribution < 1.29 is 5.11 Å². The molecule has 29 heavy (non-hydrogen) atoms. The molecule has 0 bridgehead atoms. The van der Waals surface area contributed by atoms with E-state index in [1.54, 1.807) is 0 Å². The molecule has 1 atom stereocenters. The van der Waals surface area contributed by atoms with Gasteiger partial charge in [-0.05, 0) is 42.7 Å². The van der Waals surface area contributed by atoms with E-state index in [1.807, 2.05) is 12.1 Å². The molecule has 2 aromatic rings. The molecule has 1 unspecified atom stereocenters. The molecule has 0 aliphatic rings. The molecule has 2 rings (SSSR count). The number of hydrogen-bond donors (Lipinski definition) is 1. The minimum atomic E-state index is -0.168. The number of aromatic hydroxyl groups is 1. The molecule has 0 saturated carbocycles. The largest absolute Gasteiger partial charge is 0.508 e. The van der Waals surface area contributed by atoms with E-state index in [0.29, 0.717) is 5.75 Å². The Hall–Kier alpha value is -1.76. The highest BCUT2D eigenvalue weighted by atomic mass is 16.3. The summed E-state index contributed by atoms with van der Waals surface area (Å²) in [5, 5.41) is 11.1. The van der Waals surface area contributed by atoms with Crippen LogP contribution in [-0.2, 0) is 5.41 Å². The fraction of sp³-hybridized carbons (Fsp3) is 0.571. The Bertz CT molecular complexity index is 683. The quantitative estimate of drug-likeness (QED) is 0.360. The summed E-state index contributed by atoms with van der Waals surface area (Å²) in [6.07, 6.45) is 12.1. The zero-order chi connectivity index (χ0) is 21.2. The lowest BCUT2D eigenvalue weighted by Crippen LogP contribution is -2.47. The number of benzene rings is 2. The second-order valence-electron chi connectivity index (χ2n) is 8.73. The van der Waals surface area contributed by atoms with Crippen LogP contribution in [0.4, 0.5) is 0 Å². The van der Waals surface area contributed by atoms with Gasteiger partial charge in [-0.1, -0.05) is 115 Å².